The first-order valence-corrected chi connectivity index (χ1v) is 9.94. The fraction of sp³-hybridized carbons (Fsp3) is 0.889. The molecule has 3 unspecified atom stereocenters. The van der Waals surface area contributed by atoms with Crippen molar-refractivity contribution in [3.63, 3.8) is 0 Å². The second-order valence-electron chi connectivity index (χ2n) is 6.99. The van der Waals surface area contributed by atoms with Gasteiger partial charge in [0.15, 0.2) is 6.29 Å². The van der Waals surface area contributed by atoms with E-state index in [9.17, 15) is 19.8 Å². The number of aliphatic hydroxyl groups excluding tert-OH is 2. The number of hydrogen-bond donors (Lipinski definition) is 6. The molecule has 10 heteroatoms. The van der Waals surface area contributed by atoms with Gasteiger partial charge in [0, 0.05) is 32.9 Å². The number of hydrogen-bond acceptors (Lipinski definition) is 8. The summed E-state index contributed by atoms with van der Waals surface area (Å²) in [6.07, 6.45) is 2.45. The van der Waals surface area contributed by atoms with Crippen LogP contribution in [0.1, 0.15) is 51.9 Å². The highest BCUT2D eigenvalue weighted by Crippen LogP contribution is 2.21. The molecule has 1 heterocycles. The van der Waals surface area contributed by atoms with Crippen molar-refractivity contribution in [1.82, 2.24) is 16.1 Å². The van der Waals surface area contributed by atoms with Gasteiger partial charge in [-0.3, -0.25) is 9.59 Å². The first-order chi connectivity index (χ1) is 13.5. The van der Waals surface area contributed by atoms with Crippen LogP contribution in [0.25, 0.3) is 0 Å². The molecule has 1 saturated heterocycles. The van der Waals surface area contributed by atoms with Gasteiger partial charge in [-0.2, -0.15) is 0 Å². The first-order valence-electron chi connectivity index (χ1n) is 9.94. The van der Waals surface area contributed by atoms with Gasteiger partial charge in [-0.05, 0) is 19.3 Å². The van der Waals surface area contributed by atoms with E-state index in [-0.39, 0.29) is 31.4 Å². The van der Waals surface area contributed by atoms with E-state index < -0.39 is 24.5 Å². The minimum atomic E-state index is -0.878. The summed E-state index contributed by atoms with van der Waals surface area (Å²) in [5.41, 5.74) is 2.11. The van der Waals surface area contributed by atoms with E-state index in [1.165, 1.54) is 6.92 Å². The van der Waals surface area contributed by atoms with E-state index in [2.05, 4.69) is 16.1 Å². The van der Waals surface area contributed by atoms with E-state index in [4.69, 9.17) is 14.7 Å². The van der Waals surface area contributed by atoms with Crippen LogP contribution in [0, 0.1) is 0 Å². The van der Waals surface area contributed by atoms with Gasteiger partial charge in [0.2, 0.25) is 11.8 Å². The summed E-state index contributed by atoms with van der Waals surface area (Å²) in [5, 5.41) is 33.3. The Labute approximate surface area is 165 Å². The molecule has 0 saturated carbocycles. The second kappa shape index (κ2) is 14.7. The molecule has 2 amide bonds. The smallest absolute Gasteiger partial charge is 0.220 e. The minimum Gasteiger partial charge on any atom is -0.394 e. The number of unbranched alkanes of at least 4 members (excludes halogenated alkanes) is 3. The highest BCUT2D eigenvalue weighted by molar-refractivity contribution is 5.75. The number of amides is 2. The average Bonchev–Trinajstić information content (AvgIpc) is 2.66. The zero-order valence-corrected chi connectivity index (χ0v) is 16.6. The van der Waals surface area contributed by atoms with Gasteiger partial charge in [0.05, 0.1) is 25.4 Å². The third-order valence-electron chi connectivity index (χ3n) is 4.48. The number of ether oxygens (including phenoxy) is 2. The van der Waals surface area contributed by atoms with E-state index in [1.807, 2.05) is 0 Å². The maximum absolute atomic E-state index is 11.8. The molecule has 0 spiro atoms. The lowest BCUT2D eigenvalue weighted by atomic mass is 10.0. The topological polar surface area (TPSA) is 149 Å². The lowest BCUT2D eigenvalue weighted by Crippen LogP contribution is -2.58. The predicted molar refractivity (Wildman–Crippen MR) is 100 cm³/mol. The van der Waals surface area contributed by atoms with Gasteiger partial charge in [-0.1, -0.05) is 12.8 Å². The fourth-order valence-electron chi connectivity index (χ4n) is 3.02. The number of rotatable bonds is 14. The quantitative estimate of drug-likeness (QED) is 0.166. The summed E-state index contributed by atoms with van der Waals surface area (Å²) >= 11 is 0. The summed E-state index contributed by atoms with van der Waals surface area (Å²) < 4.78 is 11.2. The monoisotopic (exact) mass is 405 g/mol. The normalized spacial score (nSPS) is 24.7. The Kier molecular flexibility index (Phi) is 13.0. The zero-order valence-electron chi connectivity index (χ0n) is 16.6. The van der Waals surface area contributed by atoms with Gasteiger partial charge in [-0.25, -0.2) is 5.48 Å². The molecular weight excluding hydrogens is 370 g/mol. The van der Waals surface area contributed by atoms with Crippen LogP contribution in [0.5, 0.6) is 0 Å². The van der Waals surface area contributed by atoms with E-state index >= 15 is 0 Å². The molecule has 0 aliphatic carbocycles. The largest absolute Gasteiger partial charge is 0.394 e. The molecule has 0 aromatic heterocycles. The van der Waals surface area contributed by atoms with Crippen molar-refractivity contribution in [2.75, 3.05) is 26.3 Å². The molecule has 1 fully saturated rings. The Bertz CT molecular complexity index is 453. The molecule has 0 radical (unpaired) electrons. The van der Waals surface area contributed by atoms with Crippen molar-refractivity contribution in [1.29, 1.82) is 0 Å². The van der Waals surface area contributed by atoms with Crippen LogP contribution in [0.3, 0.4) is 0 Å². The van der Waals surface area contributed by atoms with Crippen LogP contribution < -0.4 is 16.1 Å². The first kappa shape index (κ1) is 24.7. The van der Waals surface area contributed by atoms with Crippen molar-refractivity contribution < 1.29 is 34.5 Å². The maximum Gasteiger partial charge on any atom is 0.220 e. The second-order valence-corrected chi connectivity index (χ2v) is 6.99. The summed E-state index contributed by atoms with van der Waals surface area (Å²) in [4.78, 5) is 23.1. The van der Waals surface area contributed by atoms with Crippen molar-refractivity contribution >= 4 is 11.8 Å². The van der Waals surface area contributed by atoms with Gasteiger partial charge >= 0.3 is 0 Å². The number of aliphatic hydroxyl groups is 2. The van der Waals surface area contributed by atoms with Gasteiger partial charge in [0.1, 0.15) is 6.04 Å². The average molecular weight is 405 g/mol. The van der Waals surface area contributed by atoms with Crippen LogP contribution in [0.4, 0.5) is 0 Å². The Morgan fingerprint density at radius 3 is 2.50 bits per heavy atom. The zero-order chi connectivity index (χ0) is 20.8. The van der Waals surface area contributed by atoms with Crippen molar-refractivity contribution in [3.05, 3.63) is 0 Å². The van der Waals surface area contributed by atoms with Crippen molar-refractivity contribution in [3.8, 4) is 0 Å². The number of carbonyl (C=O) groups is 2. The predicted octanol–water partition coefficient (Wildman–Crippen LogP) is -0.588. The van der Waals surface area contributed by atoms with E-state index in [0.29, 0.717) is 25.9 Å². The van der Waals surface area contributed by atoms with Crippen molar-refractivity contribution in [2.24, 2.45) is 0 Å². The number of carbonyl (C=O) groups excluding carboxylic acids is 2. The molecule has 6 N–H and O–H groups in total. The minimum absolute atomic E-state index is 0.0585. The van der Waals surface area contributed by atoms with Crippen LogP contribution in [0.15, 0.2) is 0 Å². The van der Waals surface area contributed by atoms with E-state index in [1.54, 1.807) is 0 Å². The Morgan fingerprint density at radius 1 is 1.14 bits per heavy atom. The van der Waals surface area contributed by atoms with Crippen LogP contribution in [-0.2, 0) is 19.1 Å². The molecule has 164 valence electrons. The highest BCUT2D eigenvalue weighted by Gasteiger charge is 2.38. The van der Waals surface area contributed by atoms with Crippen LogP contribution >= 0.6 is 0 Å². The Morgan fingerprint density at radius 2 is 1.86 bits per heavy atom. The molecule has 0 bridgehead atoms. The molecular formula is C18H35N3O7. The van der Waals surface area contributed by atoms with Crippen molar-refractivity contribution in [2.45, 2.75) is 76.4 Å². The summed E-state index contributed by atoms with van der Waals surface area (Å²) in [5.74, 6) is -0.368. The maximum atomic E-state index is 11.8. The summed E-state index contributed by atoms with van der Waals surface area (Å²) in [6.45, 7) is 2.52. The SMILES string of the molecule is CC(=O)NC1C(OCCCC(=O)NCCCCCCNO)OC(CO)C[C@H]1O. The lowest BCUT2D eigenvalue weighted by Gasteiger charge is -2.39. The molecule has 1 rings (SSSR count). The standard InChI is InChI=1S/C18H35N3O7/c1-13(23)21-17-15(24)11-14(12-22)28-18(17)27-10-6-7-16(25)19-8-4-2-3-5-9-20-26/h14-15,17-18,20,22,24,26H,2-12H2,1H3,(H,19,25)(H,21,23)/t14?,15-,17?,18?/m1/s1. The molecule has 0 aromatic rings. The molecule has 4 atom stereocenters. The third-order valence-corrected chi connectivity index (χ3v) is 4.48. The van der Waals surface area contributed by atoms with E-state index in [0.717, 1.165) is 25.7 Å². The van der Waals surface area contributed by atoms with Crippen LogP contribution in [0.2, 0.25) is 0 Å². The number of hydroxylamine groups is 1. The summed E-state index contributed by atoms with van der Waals surface area (Å²) in [7, 11) is 0. The third kappa shape index (κ3) is 10.3. The molecule has 0 aromatic carbocycles. The number of nitrogens with one attached hydrogen (secondary N) is 3. The molecule has 28 heavy (non-hydrogen) atoms. The molecule has 10 nitrogen and oxygen atoms in total. The molecule has 1 aliphatic rings. The Hall–Kier alpha value is -1.30. The Balaban J connectivity index is 2.21. The van der Waals surface area contributed by atoms with Crippen LogP contribution in [-0.4, -0.2) is 78.1 Å². The highest BCUT2D eigenvalue weighted by atomic mass is 16.7. The van der Waals surface area contributed by atoms with Gasteiger partial charge in [-0.15, -0.1) is 0 Å². The van der Waals surface area contributed by atoms with Gasteiger partial charge < -0.3 is 35.5 Å². The van der Waals surface area contributed by atoms with Gasteiger partial charge in [0.25, 0.3) is 0 Å². The summed E-state index contributed by atoms with van der Waals surface area (Å²) in [6, 6.07) is -0.713. The lowest BCUT2D eigenvalue weighted by molar-refractivity contribution is -0.237. The molecule has 1 aliphatic heterocycles. The fourth-order valence-corrected chi connectivity index (χ4v) is 3.02.